The first-order valence-corrected chi connectivity index (χ1v) is 4.44. The number of hydrogen-bond acceptors (Lipinski definition) is 1. The molecular weight excluding hydrogens is 205 g/mol. The van der Waals surface area contributed by atoms with Crippen molar-refractivity contribution in [3.63, 3.8) is 0 Å². The van der Waals surface area contributed by atoms with Crippen LogP contribution in [0.4, 0.5) is 13.2 Å². The van der Waals surface area contributed by atoms with Crippen LogP contribution in [0.5, 0.6) is 0 Å². The average molecular weight is 216 g/mol. The fourth-order valence-electron chi connectivity index (χ4n) is 1.25. The summed E-state index contributed by atoms with van der Waals surface area (Å²) in [6.07, 6.45) is 0.643. The summed E-state index contributed by atoms with van der Waals surface area (Å²) in [6.45, 7) is 3.65. The Bertz CT molecular complexity index is 382. The highest BCUT2D eigenvalue weighted by atomic mass is 19.4. The summed E-state index contributed by atoms with van der Waals surface area (Å²) in [7, 11) is 0. The summed E-state index contributed by atoms with van der Waals surface area (Å²) in [5, 5.41) is 3.44. The van der Waals surface area contributed by atoms with Crippen molar-refractivity contribution in [2.45, 2.75) is 32.5 Å². The zero-order valence-electron chi connectivity index (χ0n) is 8.47. The smallest absolute Gasteiger partial charge is 0.257 e. The maximum atomic E-state index is 12.4. The van der Waals surface area contributed by atoms with E-state index in [0.717, 1.165) is 6.07 Å². The van der Waals surface area contributed by atoms with Crippen LogP contribution in [0.2, 0.25) is 0 Å². The molecule has 0 aromatic carbocycles. The van der Waals surface area contributed by atoms with Gasteiger partial charge in [0.05, 0.1) is 0 Å². The molecular formula is C10H11F3N2. The topological polar surface area (TPSA) is 17.8 Å². The molecule has 1 aromatic heterocycles. The van der Waals surface area contributed by atoms with Crippen LogP contribution in [-0.2, 0) is 12.7 Å². The Kier molecular flexibility index (Phi) is 3.08. The molecule has 0 bridgehead atoms. The molecule has 0 atom stereocenters. The molecule has 0 amide bonds. The highest BCUT2D eigenvalue weighted by molar-refractivity contribution is 5.17. The standard InChI is InChI=1S/C10H11F3N2/c1-4-5-15-8(7(2)3)6-9(14-15)10(11,12)13/h1,6-7H,5H2,2-3H3. The van der Waals surface area contributed by atoms with E-state index in [1.54, 1.807) is 13.8 Å². The zero-order valence-corrected chi connectivity index (χ0v) is 8.47. The predicted octanol–water partition coefficient (Wildman–Crippen LogP) is 2.66. The van der Waals surface area contributed by atoms with E-state index in [-0.39, 0.29) is 12.5 Å². The van der Waals surface area contributed by atoms with Gasteiger partial charge in [-0.25, -0.2) is 0 Å². The highest BCUT2D eigenvalue weighted by Gasteiger charge is 2.35. The maximum Gasteiger partial charge on any atom is 0.435 e. The first-order chi connectivity index (χ1) is 6.86. The molecule has 0 radical (unpaired) electrons. The van der Waals surface area contributed by atoms with Crippen LogP contribution >= 0.6 is 0 Å². The molecule has 0 saturated heterocycles. The lowest BCUT2D eigenvalue weighted by molar-refractivity contribution is -0.141. The van der Waals surface area contributed by atoms with E-state index < -0.39 is 11.9 Å². The summed E-state index contributed by atoms with van der Waals surface area (Å²) < 4.78 is 38.3. The zero-order chi connectivity index (χ0) is 11.6. The van der Waals surface area contributed by atoms with Gasteiger partial charge in [-0.15, -0.1) is 6.42 Å². The van der Waals surface area contributed by atoms with E-state index in [2.05, 4.69) is 11.0 Å². The van der Waals surface area contributed by atoms with Crippen molar-refractivity contribution in [3.05, 3.63) is 17.5 Å². The lowest BCUT2D eigenvalue weighted by Crippen LogP contribution is -2.08. The second kappa shape index (κ2) is 3.97. The molecule has 1 aromatic rings. The van der Waals surface area contributed by atoms with Crippen molar-refractivity contribution in [3.8, 4) is 12.3 Å². The van der Waals surface area contributed by atoms with Crippen LogP contribution in [0.15, 0.2) is 6.07 Å². The van der Waals surface area contributed by atoms with Crippen molar-refractivity contribution in [2.75, 3.05) is 0 Å². The van der Waals surface area contributed by atoms with Crippen LogP contribution in [0.1, 0.15) is 31.2 Å². The number of rotatable bonds is 2. The van der Waals surface area contributed by atoms with Crippen molar-refractivity contribution in [2.24, 2.45) is 0 Å². The summed E-state index contributed by atoms with van der Waals surface area (Å²) in [5.74, 6) is 2.24. The Morgan fingerprint density at radius 1 is 1.53 bits per heavy atom. The van der Waals surface area contributed by atoms with Gasteiger partial charge < -0.3 is 0 Å². The Morgan fingerprint density at radius 3 is 2.53 bits per heavy atom. The van der Waals surface area contributed by atoms with Crippen LogP contribution in [0.3, 0.4) is 0 Å². The van der Waals surface area contributed by atoms with E-state index in [4.69, 9.17) is 6.42 Å². The summed E-state index contributed by atoms with van der Waals surface area (Å²) in [5.41, 5.74) is -0.387. The first-order valence-electron chi connectivity index (χ1n) is 4.44. The van der Waals surface area contributed by atoms with Crippen LogP contribution in [-0.4, -0.2) is 9.78 Å². The molecule has 5 heteroatoms. The van der Waals surface area contributed by atoms with Gasteiger partial charge in [0, 0.05) is 5.69 Å². The third-order valence-electron chi connectivity index (χ3n) is 1.93. The lowest BCUT2D eigenvalue weighted by atomic mass is 10.1. The minimum atomic E-state index is -4.41. The molecule has 0 aliphatic rings. The predicted molar refractivity (Wildman–Crippen MR) is 50.2 cm³/mol. The average Bonchev–Trinajstić information content (AvgIpc) is 2.48. The molecule has 1 heterocycles. The van der Waals surface area contributed by atoms with Gasteiger partial charge in [0.15, 0.2) is 5.69 Å². The summed E-state index contributed by atoms with van der Waals surface area (Å²) in [6, 6.07) is 1.04. The molecule has 0 unspecified atom stereocenters. The summed E-state index contributed by atoms with van der Waals surface area (Å²) >= 11 is 0. The third-order valence-corrected chi connectivity index (χ3v) is 1.93. The van der Waals surface area contributed by atoms with Gasteiger partial charge in [-0.05, 0) is 12.0 Å². The van der Waals surface area contributed by atoms with Gasteiger partial charge in [-0.1, -0.05) is 19.8 Å². The van der Waals surface area contributed by atoms with Gasteiger partial charge in [-0.3, -0.25) is 4.68 Å². The highest BCUT2D eigenvalue weighted by Crippen LogP contribution is 2.30. The van der Waals surface area contributed by atoms with E-state index in [1.807, 2.05) is 0 Å². The molecule has 15 heavy (non-hydrogen) atoms. The van der Waals surface area contributed by atoms with E-state index >= 15 is 0 Å². The Morgan fingerprint density at radius 2 is 2.13 bits per heavy atom. The minimum Gasteiger partial charge on any atom is -0.257 e. The van der Waals surface area contributed by atoms with E-state index in [1.165, 1.54) is 4.68 Å². The third kappa shape index (κ3) is 2.52. The minimum absolute atomic E-state index is 0.0399. The van der Waals surface area contributed by atoms with Gasteiger partial charge >= 0.3 is 6.18 Å². The van der Waals surface area contributed by atoms with Crippen LogP contribution < -0.4 is 0 Å². The second-order valence-electron chi connectivity index (χ2n) is 3.47. The molecule has 0 fully saturated rings. The SMILES string of the molecule is C#CCn1nc(C(F)(F)F)cc1C(C)C. The molecule has 2 nitrogen and oxygen atoms in total. The number of nitrogens with zero attached hydrogens (tertiary/aromatic N) is 2. The molecule has 0 N–H and O–H groups in total. The summed E-state index contributed by atoms with van der Waals surface area (Å²) in [4.78, 5) is 0. The number of alkyl halides is 3. The lowest BCUT2D eigenvalue weighted by Gasteiger charge is -2.05. The fraction of sp³-hybridized carbons (Fsp3) is 0.500. The van der Waals surface area contributed by atoms with Crippen molar-refractivity contribution >= 4 is 0 Å². The maximum absolute atomic E-state index is 12.4. The molecule has 82 valence electrons. The molecule has 0 aliphatic heterocycles. The normalized spacial score (nSPS) is 11.8. The Hall–Kier alpha value is -1.44. The molecule has 1 rings (SSSR count). The quantitative estimate of drug-likeness (QED) is 0.695. The van der Waals surface area contributed by atoms with Gasteiger partial charge in [0.1, 0.15) is 6.54 Å². The van der Waals surface area contributed by atoms with Crippen molar-refractivity contribution in [1.82, 2.24) is 9.78 Å². The van der Waals surface area contributed by atoms with Crippen molar-refractivity contribution in [1.29, 1.82) is 0 Å². The van der Waals surface area contributed by atoms with Gasteiger partial charge in [-0.2, -0.15) is 18.3 Å². The van der Waals surface area contributed by atoms with Gasteiger partial charge in [0.2, 0.25) is 0 Å². The number of aromatic nitrogens is 2. The molecule has 0 saturated carbocycles. The number of halogens is 3. The van der Waals surface area contributed by atoms with Gasteiger partial charge in [0.25, 0.3) is 0 Å². The van der Waals surface area contributed by atoms with Crippen molar-refractivity contribution < 1.29 is 13.2 Å². The van der Waals surface area contributed by atoms with E-state index in [9.17, 15) is 13.2 Å². The second-order valence-corrected chi connectivity index (χ2v) is 3.47. The Labute approximate surface area is 86.1 Å². The largest absolute Gasteiger partial charge is 0.435 e. The fourth-order valence-corrected chi connectivity index (χ4v) is 1.25. The van der Waals surface area contributed by atoms with Crippen LogP contribution in [0.25, 0.3) is 0 Å². The van der Waals surface area contributed by atoms with E-state index in [0.29, 0.717) is 5.69 Å². The Balaban J connectivity index is 3.16. The molecule has 0 spiro atoms. The first kappa shape index (κ1) is 11.6. The number of terminal acetylenes is 1. The monoisotopic (exact) mass is 216 g/mol. The number of hydrogen-bond donors (Lipinski definition) is 0. The van der Waals surface area contributed by atoms with Crippen LogP contribution in [0, 0.1) is 12.3 Å². The molecule has 0 aliphatic carbocycles.